The summed E-state index contributed by atoms with van der Waals surface area (Å²) in [7, 11) is 0. The van der Waals surface area contributed by atoms with E-state index in [1.165, 1.54) is 0 Å². The van der Waals surface area contributed by atoms with Crippen molar-refractivity contribution in [3.63, 3.8) is 0 Å². The molecule has 2 N–H and O–H groups in total. The number of nitrogens with two attached hydrogens (primary N) is 1. The first-order valence-corrected chi connectivity index (χ1v) is 4.81. The Morgan fingerprint density at radius 1 is 1.77 bits per heavy atom. The summed E-state index contributed by atoms with van der Waals surface area (Å²) in [6.45, 7) is 2.08. The molecule has 5 heteroatoms. The summed E-state index contributed by atoms with van der Waals surface area (Å²) in [6, 6.07) is 1.58. The molecule has 1 heterocycles. The van der Waals surface area contributed by atoms with Crippen LogP contribution in [0.3, 0.4) is 0 Å². The lowest BCUT2D eigenvalue weighted by Gasteiger charge is -2.05. The van der Waals surface area contributed by atoms with Gasteiger partial charge >= 0.3 is 5.97 Å². The van der Waals surface area contributed by atoms with Gasteiger partial charge in [0.2, 0.25) is 0 Å². The zero-order valence-corrected chi connectivity index (χ0v) is 9.24. The van der Waals surface area contributed by atoms with Crippen molar-refractivity contribution in [2.24, 2.45) is 0 Å². The number of rotatable bonds is 2. The molecule has 0 saturated carbocycles. The number of hydrogen-bond donors (Lipinski definition) is 1. The second kappa shape index (κ2) is 4.40. The van der Waals surface area contributed by atoms with E-state index in [1.54, 1.807) is 19.2 Å². The Balaban J connectivity index is 3.05. The van der Waals surface area contributed by atoms with Crippen molar-refractivity contribution in [2.75, 3.05) is 12.3 Å². The van der Waals surface area contributed by atoms with Crippen LogP contribution in [0.4, 0.5) is 5.69 Å². The number of esters is 1. The second-order valence-electron chi connectivity index (χ2n) is 2.29. The molecule has 0 aliphatic heterocycles. The maximum absolute atomic E-state index is 11.3. The van der Waals surface area contributed by atoms with E-state index >= 15 is 0 Å². The highest BCUT2D eigenvalue weighted by molar-refractivity contribution is 14.1. The summed E-state index contributed by atoms with van der Waals surface area (Å²) >= 11 is 1.95. The predicted octanol–water partition coefficient (Wildman–Crippen LogP) is 1.45. The van der Waals surface area contributed by atoms with Crippen LogP contribution in [-0.4, -0.2) is 17.6 Å². The maximum Gasteiger partial charge on any atom is 0.342 e. The van der Waals surface area contributed by atoms with Gasteiger partial charge in [-0.15, -0.1) is 0 Å². The van der Waals surface area contributed by atoms with Gasteiger partial charge in [-0.1, -0.05) is 0 Å². The second-order valence-corrected chi connectivity index (χ2v) is 3.31. The monoisotopic (exact) mass is 292 g/mol. The maximum atomic E-state index is 11.3. The summed E-state index contributed by atoms with van der Waals surface area (Å²) in [5, 5.41) is 0. The van der Waals surface area contributed by atoms with Gasteiger partial charge in [-0.3, -0.25) is 0 Å². The Morgan fingerprint density at radius 3 is 3.00 bits per heavy atom. The number of carbonyl (C=O) groups excluding carboxylic acids is 1. The number of aromatic nitrogens is 1. The minimum atomic E-state index is -0.419. The lowest BCUT2D eigenvalue weighted by atomic mass is 10.2. The highest BCUT2D eigenvalue weighted by Crippen LogP contribution is 2.17. The third kappa shape index (κ3) is 2.30. The molecule has 0 spiro atoms. The highest BCUT2D eigenvalue weighted by atomic mass is 127. The van der Waals surface area contributed by atoms with Crippen LogP contribution in [0.1, 0.15) is 17.3 Å². The normalized spacial score (nSPS) is 9.69. The molecule has 0 unspecified atom stereocenters. The van der Waals surface area contributed by atoms with Crippen LogP contribution >= 0.6 is 22.6 Å². The predicted molar refractivity (Wildman–Crippen MR) is 57.3 cm³/mol. The van der Waals surface area contributed by atoms with E-state index in [0.717, 1.165) is 0 Å². The van der Waals surface area contributed by atoms with E-state index in [9.17, 15) is 4.79 Å². The minimum absolute atomic E-state index is 0.337. The first-order chi connectivity index (χ1) is 6.16. The van der Waals surface area contributed by atoms with Gasteiger partial charge in [0.05, 0.1) is 12.3 Å². The molecule has 1 aromatic heterocycles. The Kier molecular flexibility index (Phi) is 3.47. The van der Waals surface area contributed by atoms with Crippen LogP contribution < -0.4 is 5.73 Å². The fraction of sp³-hybridized carbons (Fsp3) is 0.250. The van der Waals surface area contributed by atoms with Gasteiger partial charge < -0.3 is 10.5 Å². The molecular weight excluding hydrogens is 283 g/mol. The lowest BCUT2D eigenvalue weighted by molar-refractivity contribution is 0.0526. The van der Waals surface area contributed by atoms with Crippen LogP contribution in [0.25, 0.3) is 0 Å². The largest absolute Gasteiger partial charge is 0.462 e. The molecule has 0 saturated heterocycles. The summed E-state index contributed by atoms with van der Waals surface area (Å²) in [4.78, 5) is 15.3. The van der Waals surface area contributed by atoms with E-state index in [2.05, 4.69) is 4.98 Å². The van der Waals surface area contributed by atoms with E-state index < -0.39 is 5.97 Å². The molecule has 0 radical (unpaired) electrons. The number of nitrogen functional groups attached to an aromatic ring is 1. The summed E-state index contributed by atoms with van der Waals surface area (Å²) in [5.74, 6) is -0.419. The topological polar surface area (TPSA) is 65.2 Å². The molecule has 0 aliphatic rings. The van der Waals surface area contributed by atoms with E-state index in [0.29, 0.717) is 21.6 Å². The third-order valence-corrected chi connectivity index (χ3v) is 2.23. The smallest absolute Gasteiger partial charge is 0.342 e. The molecule has 0 fully saturated rings. The highest BCUT2D eigenvalue weighted by Gasteiger charge is 2.14. The van der Waals surface area contributed by atoms with Crippen molar-refractivity contribution >= 4 is 34.2 Å². The van der Waals surface area contributed by atoms with Crippen LogP contribution in [0.5, 0.6) is 0 Å². The fourth-order valence-corrected chi connectivity index (χ4v) is 1.55. The van der Waals surface area contributed by atoms with Crippen molar-refractivity contribution in [3.8, 4) is 0 Å². The zero-order chi connectivity index (χ0) is 9.84. The van der Waals surface area contributed by atoms with Crippen molar-refractivity contribution < 1.29 is 9.53 Å². The number of anilines is 1. The van der Waals surface area contributed by atoms with Crippen molar-refractivity contribution in [1.29, 1.82) is 0 Å². The van der Waals surface area contributed by atoms with Crippen LogP contribution in [0.15, 0.2) is 12.3 Å². The Bertz CT molecular complexity index is 308. The first kappa shape index (κ1) is 10.2. The van der Waals surface area contributed by atoms with Gasteiger partial charge in [-0.25, -0.2) is 9.78 Å². The van der Waals surface area contributed by atoms with Crippen molar-refractivity contribution in [3.05, 3.63) is 21.5 Å². The van der Waals surface area contributed by atoms with E-state index in [-0.39, 0.29) is 0 Å². The van der Waals surface area contributed by atoms with Crippen LogP contribution in [-0.2, 0) is 4.74 Å². The molecule has 4 nitrogen and oxygen atoms in total. The van der Waals surface area contributed by atoms with E-state index in [1.807, 2.05) is 22.6 Å². The van der Waals surface area contributed by atoms with Gasteiger partial charge in [0.25, 0.3) is 0 Å². The minimum Gasteiger partial charge on any atom is -0.462 e. The van der Waals surface area contributed by atoms with E-state index in [4.69, 9.17) is 10.5 Å². The summed E-state index contributed by atoms with van der Waals surface area (Å²) in [6.07, 6.45) is 1.56. The Hall–Kier alpha value is -0.850. The SMILES string of the molecule is CCOC(=O)c1c(N)ccnc1I. The van der Waals surface area contributed by atoms with Gasteiger partial charge in [-0.2, -0.15) is 0 Å². The molecule has 13 heavy (non-hydrogen) atoms. The van der Waals surface area contributed by atoms with Crippen molar-refractivity contribution in [1.82, 2.24) is 4.98 Å². The summed E-state index contributed by atoms with van der Waals surface area (Å²) in [5.41, 5.74) is 6.36. The molecule has 1 aromatic rings. The molecule has 0 atom stereocenters. The molecule has 1 rings (SSSR count). The average Bonchev–Trinajstić information content (AvgIpc) is 2.04. The van der Waals surface area contributed by atoms with Gasteiger partial charge in [0, 0.05) is 6.20 Å². The molecule has 70 valence electrons. The molecule has 0 aliphatic carbocycles. The third-order valence-electron chi connectivity index (χ3n) is 1.42. The first-order valence-electron chi connectivity index (χ1n) is 3.74. The number of ether oxygens (including phenoxy) is 1. The Labute approximate surface area is 89.6 Å². The molecule has 0 amide bonds. The molecular formula is C8H9IN2O2. The number of pyridine rings is 1. The molecule has 0 aromatic carbocycles. The van der Waals surface area contributed by atoms with Gasteiger partial charge in [0.15, 0.2) is 0 Å². The van der Waals surface area contributed by atoms with Crippen LogP contribution in [0.2, 0.25) is 0 Å². The number of halogens is 1. The Morgan fingerprint density at radius 2 is 2.46 bits per heavy atom. The van der Waals surface area contributed by atoms with Crippen molar-refractivity contribution in [2.45, 2.75) is 6.92 Å². The van der Waals surface area contributed by atoms with Crippen LogP contribution in [0, 0.1) is 3.70 Å². The quantitative estimate of drug-likeness (QED) is 0.509. The zero-order valence-electron chi connectivity index (χ0n) is 7.08. The van der Waals surface area contributed by atoms with Gasteiger partial charge in [0.1, 0.15) is 9.26 Å². The standard InChI is InChI=1S/C8H9IN2O2/c1-2-13-8(12)6-5(10)3-4-11-7(6)9/h3-4H,2H2,1H3,(H2,10,11). The lowest BCUT2D eigenvalue weighted by Crippen LogP contribution is -2.10. The fourth-order valence-electron chi connectivity index (χ4n) is 0.855. The number of nitrogens with zero attached hydrogens (tertiary/aromatic N) is 1. The summed E-state index contributed by atoms with van der Waals surface area (Å²) < 4.78 is 5.39. The van der Waals surface area contributed by atoms with Gasteiger partial charge in [-0.05, 0) is 35.6 Å². The molecule has 0 bridgehead atoms. The number of hydrogen-bond acceptors (Lipinski definition) is 4. The average molecular weight is 292 g/mol. The number of carbonyl (C=O) groups is 1.